The lowest BCUT2D eigenvalue weighted by Crippen LogP contribution is -2.45. The van der Waals surface area contributed by atoms with Gasteiger partial charge in [0.05, 0.1) is 29.1 Å². The van der Waals surface area contributed by atoms with Crippen molar-refractivity contribution in [3.8, 4) is 0 Å². The van der Waals surface area contributed by atoms with Gasteiger partial charge < -0.3 is 15.4 Å². The van der Waals surface area contributed by atoms with E-state index in [1.807, 2.05) is 13.0 Å². The average Bonchev–Trinajstić information content (AvgIpc) is 2.33. The third kappa shape index (κ3) is 2.29. The average molecular weight is 242 g/mol. The summed E-state index contributed by atoms with van der Waals surface area (Å²) in [4.78, 5) is 6.37. The van der Waals surface area contributed by atoms with E-state index in [2.05, 4.69) is 9.88 Å². The summed E-state index contributed by atoms with van der Waals surface area (Å²) in [5.74, 6) is 0. The van der Waals surface area contributed by atoms with Crippen LogP contribution in [0.5, 0.6) is 0 Å². The van der Waals surface area contributed by atoms with Gasteiger partial charge in [0.2, 0.25) is 0 Å². The number of anilines is 1. The molecule has 1 aromatic rings. The molecule has 1 unspecified atom stereocenters. The zero-order valence-electron chi connectivity index (χ0n) is 9.32. The lowest BCUT2D eigenvalue weighted by molar-refractivity contribution is 0.0466. The minimum absolute atomic E-state index is 0.0956. The molecule has 5 heteroatoms. The topological polar surface area (TPSA) is 51.4 Å². The second-order valence-electron chi connectivity index (χ2n) is 3.90. The summed E-state index contributed by atoms with van der Waals surface area (Å²) < 4.78 is 5.52. The van der Waals surface area contributed by atoms with Gasteiger partial charge in [-0.25, -0.2) is 0 Å². The number of halogens is 1. The van der Waals surface area contributed by atoms with Gasteiger partial charge in [-0.1, -0.05) is 11.6 Å². The van der Waals surface area contributed by atoms with Crippen molar-refractivity contribution in [1.82, 2.24) is 4.98 Å². The number of hydrogen-bond donors (Lipinski definition) is 1. The lowest BCUT2D eigenvalue weighted by Gasteiger charge is -2.34. The Morgan fingerprint density at radius 3 is 3.25 bits per heavy atom. The summed E-state index contributed by atoms with van der Waals surface area (Å²) >= 11 is 6.24. The molecule has 1 saturated heterocycles. The van der Waals surface area contributed by atoms with Crippen LogP contribution in [0.1, 0.15) is 5.69 Å². The second-order valence-corrected chi connectivity index (χ2v) is 4.28. The lowest BCUT2D eigenvalue weighted by atomic mass is 10.2. The molecule has 0 bridgehead atoms. The molecule has 4 nitrogen and oxygen atoms in total. The highest BCUT2D eigenvalue weighted by Gasteiger charge is 2.21. The van der Waals surface area contributed by atoms with E-state index >= 15 is 0 Å². The third-order valence-corrected chi connectivity index (χ3v) is 3.25. The first-order valence-electron chi connectivity index (χ1n) is 5.40. The molecule has 2 rings (SSSR count). The van der Waals surface area contributed by atoms with Gasteiger partial charge >= 0.3 is 0 Å². The molecule has 0 aromatic carbocycles. The van der Waals surface area contributed by atoms with E-state index < -0.39 is 0 Å². The molecule has 1 aliphatic rings. The predicted octanol–water partition coefficient (Wildman–Crippen LogP) is 1.21. The third-order valence-electron chi connectivity index (χ3n) is 2.79. The highest BCUT2D eigenvalue weighted by Crippen LogP contribution is 2.28. The molecule has 88 valence electrons. The number of aryl methyl sites for hydroxylation is 1. The predicted molar refractivity (Wildman–Crippen MR) is 65.0 cm³/mol. The van der Waals surface area contributed by atoms with Crippen LogP contribution in [0.3, 0.4) is 0 Å². The zero-order chi connectivity index (χ0) is 11.5. The Labute approximate surface area is 100 Å². The van der Waals surface area contributed by atoms with Gasteiger partial charge in [-0.05, 0) is 13.0 Å². The number of aromatic nitrogens is 1. The van der Waals surface area contributed by atoms with Gasteiger partial charge in [0.25, 0.3) is 0 Å². The van der Waals surface area contributed by atoms with E-state index in [1.54, 1.807) is 6.20 Å². The highest BCUT2D eigenvalue weighted by atomic mass is 35.5. The fourth-order valence-corrected chi connectivity index (χ4v) is 2.09. The van der Waals surface area contributed by atoms with E-state index in [9.17, 15) is 0 Å². The Morgan fingerprint density at radius 2 is 2.50 bits per heavy atom. The van der Waals surface area contributed by atoms with Crippen molar-refractivity contribution >= 4 is 17.3 Å². The molecule has 1 aliphatic heterocycles. The van der Waals surface area contributed by atoms with Crippen LogP contribution in [-0.4, -0.2) is 37.3 Å². The van der Waals surface area contributed by atoms with Crippen molar-refractivity contribution < 1.29 is 4.74 Å². The van der Waals surface area contributed by atoms with Crippen molar-refractivity contribution in [2.45, 2.75) is 13.0 Å². The van der Waals surface area contributed by atoms with Gasteiger partial charge in [0.15, 0.2) is 0 Å². The quantitative estimate of drug-likeness (QED) is 0.846. The molecule has 0 amide bonds. The van der Waals surface area contributed by atoms with Crippen LogP contribution >= 0.6 is 11.6 Å². The molecule has 0 saturated carbocycles. The Balaban J connectivity index is 2.20. The number of hydrogen-bond acceptors (Lipinski definition) is 4. The van der Waals surface area contributed by atoms with Crippen LogP contribution in [0.25, 0.3) is 0 Å². The maximum atomic E-state index is 6.24. The summed E-state index contributed by atoms with van der Waals surface area (Å²) in [7, 11) is 0. The Bertz CT molecular complexity index is 372. The maximum absolute atomic E-state index is 6.24. The Morgan fingerprint density at radius 1 is 1.69 bits per heavy atom. The molecular weight excluding hydrogens is 226 g/mol. The van der Waals surface area contributed by atoms with Gasteiger partial charge in [-0.3, -0.25) is 4.98 Å². The largest absolute Gasteiger partial charge is 0.373 e. The van der Waals surface area contributed by atoms with Crippen LogP contribution in [0.4, 0.5) is 5.69 Å². The monoisotopic (exact) mass is 241 g/mol. The van der Waals surface area contributed by atoms with Gasteiger partial charge in [-0.15, -0.1) is 0 Å². The summed E-state index contributed by atoms with van der Waals surface area (Å²) in [6, 6.07) is 1.94. The molecule has 1 atom stereocenters. The van der Waals surface area contributed by atoms with E-state index in [4.69, 9.17) is 22.1 Å². The fourth-order valence-electron chi connectivity index (χ4n) is 1.86. The summed E-state index contributed by atoms with van der Waals surface area (Å²) in [6.45, 7) is 4.78. The van der Waals surface area contributed by atoms with Crippen LogP contribution < -0.4 is 10.6 Å². The highest BCUT2D eigenvalue weighted by molar-refractivity contribution is 6.33. The molecule has 0 spiro atoms. The van der Waals surface area contributed by atoms with Crippen LogP contribution in [0.15, 0.2) is 12.3 Å². The first-order chi connectivity index (χ1) is 7.72. The minimum Gasteiger partial charge on any atom is -0.373 e. The smallest absolute Gasteiger partial charge is 0.0872 e. The number of ether oxygens (including phenoxy) is 1. The molecule has 1 fully saturated rings. The van der Waals surface area contributed by atoms with E-state index in [-0.39, 0.29) is 6.10 Å². The first-order valence-corrected chi connectivity index (χ1v) is 5.78. The second kappa shape index (κ2) is 4.99. The van der Waals surface area contributed by atoms with E-state index in [0.29, 0.717) is 13.2 Å². The van der Waals surface area contributed by atoms with Gasteiger partial charge in [0.1, 0.15) is 0 Å². The molecule has 0 radical (unpaired) electrons. The fraction of sp³-hybridized carbons (Fsp3) is 0.545. The van der Waals surface area contributed by atoms with Crippen molar-refractivity contribution in [2.75, 3.05) is 31.1 Å². The van der Waals surface area contributed by atoms with Crippen molar-refractivity contribution in [1.29, 1.82) is 0 Å². The number of rotatable bonds is 2. The molecular formula is C11H16ClN3O. The van der Waals surface area contributed by atoms with Gasteiger partial charge in [0, 0.05) is 25.8 Å². The van der Waals surface area contributed by atoms with Crippen LogP contribution in [0.2, 0.25) is 5.02 Å². The number of nitrogens with zero attached hydrogens (tertiary/aromatic N) is 2. The van der Waals surface area contributed by atoms with Crippen molar-refractivity contribution in [2.24, 2.45) is 5.73 Å². The molecule has 1 aromatic heterocycles. The SMILES string of the molecule is Cc1nccc(N2CCOC(CN)C2)c1Cl. The Hall–Kier alpha value is -0.840. The van der Waals surface area contributed by atoms with Crippen molar-refractivity contribution in [3.63, 3.8) is 0 Å². The van der Waals surface area contributed by atoms with Crippen LogP contribution in [0, 0.1) is 6.92 Å². The zero-order valence-corrected chi connectivity index (χ0v) is 10.1. The van der Waals surface area contributed by atoms with E-state index in [1.165, 1.54) is 0 Å². The molecule has 16 heavy (non-hydrogen) atoms. The summed E-state index contributed by atoms with van der Waals surface area (Å²) in [5, 5.41) is 0.722. The molecule has 2 N–H and O–H groups in total. The first kappa shape index (κ1) is 11.6. The number of pyridine rings is 1. The van der Waals surface area contributed by atoms with E-state index in [0.717, 1.165) is 29.5 Å². The van der Waals surface area contributed by atoms with Crippen molar-refractivity contribution in [3.05, 3.63) is 23.0 Å². The Kier molecular flexibility index (Phi) is 3.63. The normalized spacial score (nSPS) is 21.2. The maximum Gasteiger partial charge on any atom is 0.0872 e. The molecule has 0 aliphatic carbocycles. The standard InChI is InChI=1S/C11H16ClN3O/c1-8-11(12)10(2-3-14-8)15-4-5-16-9(6-13)7-15/h2-3,9H,4-7,13H2,1H3. The number of nitrogens with two attached hydrogens (primary N) is 1. The number of morpholine rings is 1. The minimum atomic E-state index is 0.0956. The molecule has 2 heterocycles. The summed E-state index contributed by atoms with van der Waals surface area (Å²) in [5.41, 5.74) is 7.49. The summed E-state index contributed by atoms with van der Waals surface area (Å²) in [6.07, 6.45) is 1.88. The van der Waals surface area contributed by atoms with Crippen LogP contribution in [-0.2, 0) is 4.74 Å². The van der Waals surface area contributed by atoms with Gasteiger partial charge in [-0.2, -0.15) is 0 Å².